The van der Waals surface area contributed by atoms with Crippen molar-refractivity contribution in [2.75, 3.05) is 0 Å². The van der Waals surface area contributed by atoms with Gasteiger partial charge in [-0.05, 0) is 36.4 Å². The van der Waals surface area contributed by atoms with Crippen LogP contribution in [-0.2, 0) is 6.54 Å². The predicted molar refractivity (Wildman–Crippen MR) is 116 cm³/mol. The summed E-state index contributed by atoms with van der Waals surface area (Å²) in [6.45, 7) is 0.349. The first-order chi connectivity index (χ1) is 15.3. The fourth-order valence-electron chi connectivity index (χ4n) is 3.30. The Morgan fingerprint density at radius 1 is 0.935 bits per heavy atom. The van der Waals surface area contributed by atoms with Crippen LogP contribution in [0.5, 0.6) is 0 Å². The highest BCUT2D eigenvalue weighted by atomic mass is 16.3. The Labute approximate surface area is 178 Å². The molecule has 0 unspecified atom stereocenters. The molecule has 1 N–H and O–H groups in total. The molecular weight excluding hydrogens is 390 g/mol. The van der Waals surface area contributed by atoms with Gasteiger partial charge in [-0.15, -0.1) is 0 Å². The minimum absolute atomic E-state index is 0.235. The van der Waals surface area contributed by atoms with E-state index in [1.807, 2.05) is 72.9 Å². The lowest BCUT2D eigenvalue weighted by molar-refractivity contribution is 0.0943. The van der Waals surface area contributed by atoms with Crippen LogP contribution in [0.4, 0.5) is 0 Å². The number of aromatic nitrogens is 4. The lowest BCUT2D eigenvalue weighted by atomic mass is 10.2. The molecule has 0 fully saturated rings. The molecule has 0 aliphatic rings. The van der Waals surface area contributed by atoms with Crippen LogP contribution >= 0.6 is 0 Å². The molecule has 1 amide bonds. The molecule has 0 bridgehead atoms. The lowest BCUT2D eigenvalue weighted by Gasteiger charge is -2.07. The normalized spacial score (nSPS) is 10.8. The molecule has 152 valence electrons. The number of hydrogen-bond donors (Lipinski definition) is 1. The first-order valence-corrected chi connectivity index (χ1v) is 9.84. The molecule has 5 aromatic rings. The predicted octanol–water partition coefficient (Wildman–Crippen LogP) is 4.25. The second-order valence-corrected chi connectivity index (χ2v) is 6.95. The van der Waals surface area contributed by atoms with Crippen molar-refractivity contribution in [2.24, 2.45) is 0 Å². The van der Waals surface area contributed by atoms with Gasteiger partial charge < -0.3 is 9.73 Å². The number of para-hydroxylation sites is 2. The Bertz CT molecular complexity index is 1290. The first kappa shape index (κ1) is 18.6. The van der Waals surface area contributed by atoms with Crippen molar-refractivity contribution in [3.8, 4) is 22.8 Å². The highest BCUT2D eigenvalue weighted by Gasteiger charge is 2.18. The summed E-state index contributed by atoms with van der Waals surface area (Å²) in [4.78, 5) is 13.0. The molecule has 2 aromatic carbocycles. The lowest BCUT2D eigenvalue weighted by Crippen LogP contribution is -2.25. The largest absolute Gasteiger partial charge is 0.463 e. The molecule has 0 saturated carbocycles. The van der Waals surface area contributed by atoms with Gasteiger partial charge in [-0.2, -0.15) is 10.2 Å². The number of rotatable bonds is 6. The third-order valence-electron chi connectivity index (χ3n) is 4.83. The van der Waals surface area contributed by atoms with Crippen molar-refractivity contribution in [3.05, 3.63) is 109 Å². The maximum Gasteiger partial charge on any atom is 0.270 e. The van der Waals surface area contributed by atoms with Crippen molar-refractivity contribution >= 4 is 5.91 Å². The van der Waals surface area contributed by atoms with E-state index < -0.39 is 0 Å². The van der Waals surface area contributed by atoms with Crippen LogP contribution in [-0.4, -0.2) is 25.5 Å². The Hall–Kier alpha value is -4.39. The molecular formula is C24H19N5O2. The number of furan rings is 1. The molecule has 0 saturated heterocycles. The zero-order valence-corrected chi connectivity index (χ0v) is 16.6. The molecule has 3 heterocycles. The van der Waals surface area contributed by atoms with Gasteiger partial charge >= 0.3 is 0 Å². The number of amides is 1. The van der Waals surface area contributed by atoms with E-state index in [0.717, 1.165) is 16.9 Å². The van der Waals surface area contributed by atoms with Gasteiger partial charge in [0.15, 0.2) is 5.76 Å². The summed E-state index contributed by atoms with van der Waals surface area (Å²) in [5, 5.41) is 11.9. The maximum atomic E-state index is 13.0. The molecule has 7 heteroatoms. The number of benzene rings is 2. The van der Waals surface area contributed by atoms with E-state index in [0.29, 0.717) is 23.7 Å². The summed E-state index contributed by atoms with van der Waals surface area (Å²) in [5.74, 6) is 0.370. The summed E-state index contributed by atoms with van der Waals surface area (Å²) >= 11 is 0. The molecule has 31 heavy (non-hydrogen) atoms. The van der Waals surface area contributed by atoms with Crippen LogP contribution in [0, 0.1) is 0 Å². The topological polar surface area (TPSA) is 77.9 Å². The number of carbonyl (C=O) groups is 1. The first-order valence-electron chi connectivity index (χ1n) is 9.84. The van der Waals surface area contributed by atoms with E-state index in [2.05, 4.69) is 15.5 Å². The Kier molecular flexibility index (Phi) is 4.90. The molecule has 0 aliphatic carbocycles. The van der Waals surface area contributed by atoms with E-state index in [1.165, 1.54) is 0 Å². The van der Waals surface area contributed by atoms with Crippen LogP contribution in [0.1, 0.15) is 16.1 Å². The van der Waals surface area contributed by atoms with Crippen molar-refractivity contribution in [2.45, 2.75) is 6.54 Å². The van der Waals surface area contributed by atoms with Crippen molar-refractivity contribution in [3.63, 3.8) is 0 Å². The SMILES string of the molecule is O=C(NCc1cnn(-c2ccccc2)c1)c1cc(-c2ccco2)nn1-c1ccccc1. The summed E-state index contributed by atoms with van der Waals surface area (Å²) < 4.78 is 8.87. The number of nitrogens with one attached hydrogen (secondary N) is 1. The second kappa shape index (κ2) is 8.16. The number of carbonyl (C=O) groups excluding carboxylic acids is 1. The van der Waals surface area contributed by atoms with Gasteiger partial charge in [-0.3, -0.25) is 4.79 Å². The smallest absolute Gasteiger partial charge is 0.270 e. The van der Waals surface area contributed by atoms with E-state index in [1.54, 1.807) is 34.0 Å². The number of hydrogen-bond acceptors (Lipinski definition) is 4. The second-order valence-electron chi connectivity index (χ2n) is 6.95. The van der Waals surface area contributed by atoms with Crippen molar-refractivity contribution < 1.29 is 9.21 Å². The Morgan fingerprint density at radius 2 is 1.68 bits per heavy atom. The quantitative estimate of drug-likeness (QED) is 0.455. The zero-order chi connectivity index (χ0) is 21.0. The van der Waals surface area contributed by atoms with Gasteiger partial charge in [0.25, 0.3) is 5.91 Å². The standard InChI is InChI=1S/C24H19N5O2/c30-24(25-15-18-16-26-28(17-18)19-8-3-1-4-9-19)22-14-21(23-12-7-13-31-23)27-29(22)20-10-5-2-6-11-20/h1-14,16-17H,15H2,(H,25,30). The Balaban J connectivity index is 1.38. The molecule has 3 aromatic heterocycles. The molecule has 5 rings (SSSR count). The van der Waals surface area contributed by atoms with Gasteiger partial charge in [0.05, 0.1) is 23.8 Å². The minimum Gasteiger partial charge on any atom is -0.463 e. The monoisotopic (exact) mass is 409 g/mol. The summed E-state index contributed by atoms with van der Waals surface area (Å²) in [6.07, 6.45) is 5.23. The molecule has 0 radical (unpaired) electrons. The fourth-order valence-corrected chi connectivity index (χ4v) is 3.30. The van der Waals surface area contributed by atoms with Gasteiger partial charge in [-0.25, -0.2) is 9.36 Å². The molecule has 0 aliphatic heterocycles. The van der Waals surface area contributed by atoms with Gasteiger partial charge in [-0.1, -0.05) is 36.4 Å². The minimum atomic E-state index is -0.235. The van der Waals surface area contributed by atoms with E-state index in [-0.39, 0.29) is 5.91 Å². The van der Waals surface area contributed by atoms with E-state index in [4.69, 9.17) is 4.42 Å². The molecule has 0 spiro atoms. The number of nitrogens with zero attached hydrogens (tertiary/aromatic N) is 4. The third kappa shape index (κ3) is 3.89. The summed E-state index contributed by atoms with van der Waals surface area (Å²) in [6, 6.07) is 24.7. The maximum absolute atomic E-state index is 13.0. The molecule has 7 nitrogen and oxygen atoms in total. The van der Waals surface area contributed by atoms with Gasteiger partial charge in [0.2, 0.25) is 0 Å². The molecule has 0 atom stereocenters. The van der Waals surface area contributed by atoms with Crippen LogP contribution in [0.2, 0.25) is 0 Å². The summed E-state index contributed by atoms with van der Waals surface area (Å²) in [5.41, 5.74) is 3.67. The zero-order valence-electron chi connectivity index (χ0n) is 16.6. The fraction of sp³-hybridized carbons (Fsp3) is 0.0417. The van der Waals surface area contributed by atoms with Crippen molar-refractivity contribution in [1.82, 2.24) is 24.9 Å². The van der Waals surface area contributed by atoms with Crippen LogP contribution in [0.15, 0.2) is 102 Å². The highest BCUT2D eigenvalue weighted by molar-refractivity contribution is 5.94. The highest BCUT2D eigenvalue weighted by Crippen LogP contribution is 2.22. The Morgan fingerprint density at radius 3 is 2.39 bits per heavy atom. The van der Waals surface area contributed by atoms with Crippen LogP contribution < -0.4 is 5.32 Å². The van der Waals surface area contributed by atoms with Gasteiger partial charge in [0, 0.05) is 24.4 Å². The third-order valence-corrected chi connectivity index (χ3v) is 4.83. The van der Waals surface area contributed by atoms with E-state index >= 15 is 0 Å². The van der Waals surface area contributed by atoms with Crippen LogP contribution in [0.3, 0.4) is 0 Å². The van der Waals surface area contributed by atoms with Crippen LogP contribution in [0.25, 0.3) is 22.8 Å². The average Bonchev–Trinajstić information content (AvgIpc) is 3.59. The van der Waals surface area contributed by atoms with E-state index in [9.17, 15) is 4.79 Å². The average molecular weight is 409 g/mol. The van der Waals surface area contributed by atoms with Crippen molar-refractivity contribution in [1.29, 1.82) is 0 Å². The summed E-state index contributed by atoms with van der Waals surface area (Å²) in [7, 11) is 0. The van der Waals surface area contributed by atoms with Gasteiger partial charge in [0.1, 0.15) is 11.4 Å².